The maximum atomic E-state index is 13.0. The minimum atomic E-state index is -0.241. The highest BCUT2D eigenvalue weighted by molar-refractivity contribution is 5.68. The topological polar surface area (TPSA) is 34.1 Å². The van der Waals surface area contributed by atoms with Crippen LogP contribution in [0, 0.1) is 5.82 Å². The van der Waals surface area contributed by atoms with Gasteiger partial charge >= 0.3 is 0 Å². The number of nitrogens with one attached hydrogen (secondary N) is 1. The van der Waals surface area contributed by atoms with Crippen molar-refractivity contribution in [3.8, 4) is 17.0 Å². The minimum Gasteiger partial charge on any atom is -0.473 e. The molecular formula is C15H15FN2O. The van der Waals surface area contributed by atoms with Gasteiger partial charge in [0.2, 0.25) is 5.88 Å². The second kappa shape index (κ2) is 5.36. The van der Waals surface area contributed by atoms with Crippen molar-refractivity contribution in [2.45, 2.75) is 12.5 Å². The number of hydrogen-bond donors (Lipinski definition) is 1. The molecule has 0 amide bonds. The molecule has 0 spiro atoms. The van der Waals surface area contributed by atoms with Crippen molar-refractivity contribution in [3.05, 3.63) is 48.4 Å². The lowest BCUT2D eigenvalue weighted by atomic mass is 10.1. The third-order valence-corrected chi connectivity index (χ3v) is 3.22. The number of halogens is 1. The van der Waals surface area contributed by atoms with Gasteiger partial charge in [-0.25, -0.2) is 9.37 Å². The Labute approximate surface area is 111 Å². The molecule has 0 bridgehead atoms. The lowest BCUT2D eigenvalue weighted by molar-refractivity contribution is 0.215. The third-order valence-electron chi connectivity index (χ3n) is 3.22. The van der Waals surface area contributed by atoms with Crippen LogP contribution in [-0.2, 0) is 0 Å². The fourth-order valence-corrected chi connectivity index (χ4v) is 2.22. The largest absolute Gasteiger partial charge is 0.473 e. The Morgan fingerprint density at radius 3 is 2.79 bits per heavy atom. The summed E-state index contributed by atoms with van der Waals surface area (Å²) in [4.78, 5) is 4.30. The Morgan fingerprint density at radius 1 is 1.21 bits per heavy atom. The summed E-state index contributed by atoms with van der Waals surface area (Å²) in [7, 11) is 0. The summed E-state index contributed by atoms with van der Waals surface area (Å²) in [6.45, 7) is 1.82. The van der Waals surface area contributed by atoms with Gasteiger partial charge in [-0.15, -0.1) is 0 Å². The van der Waals surface area contributed by atoms with Gasteiger partial charge in [-0.2, -0.15) is 0 Å². The summed E-state index contributed by atoms with van der Waals surface area (Å²) in [5.41, 5.74) is 1.81. The van der Waals surface area contributed by atoms with Crippen molar-refractivity contribution < 1.29 is 9.13 Å². The monoisotopic (exact) mass is 258 g/mol. The molecule has 2 heterocycles. The first-order valence-electron chi connectivity index (χ1n) is 6.41. The van der Waals surface area contributed by atoms with Crippen LogP contribution in [0.25, 0.3) is 11.1 Å². The van der Waals surface area contributed by atoms with E-state index in [4.69, 9.17) is 4.74 Å². The van der Waals surface area contributed by atoms with Crippen molar-refractivity contribution in [2.24, 2.45) is 0 Å². The van der Waals surface area contributed by atoms with Crippen molar-refractivity contribution >= 4 is 0 Å². The van der Waals surface area contributed by atoms with E-state index in [9.17, 15) is 4.39 Å². The van der Waals surface area contributed by atoms with Gasteiger partial charge in [0.15, 0.2) is 0 Å². The van der Waals surface area contributed by atoms with Gasteiger partial charge in [0.05, 0.1) is 0 Å². The molecule has 0 aliphatic carbocycles. The number of rotatable bonds is 3. The fraction of sp³-hybridized carbons (Fsp3) is 0.267. The summed E-state index contributed by atoms with van der Waals surface area (Å²) in [6, 6.07) is 10.2. The Bertz CT molecular complexity index is 550. The van der Waals surface area contributed by atoms with E-state index in [1.807, 2.05) is 12.1 Å². The molecule has 19 heavy (non-hydrogen) atoms. The van der Waals surface area contributed by atoms with Crippen LogP contribution in [0.2, 0.25) is 0 Å². The highest BCUT2D eigenvalue weighted by atomic mass is 19.1. The van der Waals surface area contributed by atoms with Crippen LogP contribution in [0.1, 0.15) is 6.42 Å². The van der Waals surface area contributed by atoms with E-state index in [-0.39, 0.29) is 11.9 Å². The van der Waals surface area contributed by atoms with Gasteiger partial charge in [-0.05, 0) is 42.8 Å². The molecule has 1 N–H and O–H groups in total. The van der Waals surface area contributed by atoms with Crippen molar-refractivity contribution in [1.29, 1.82) is 0 Å². The summed E-state index contributed by atoms with van der Waals surface area (Å²) in [5.74, 6) is 0.373. The average molecular weight is 258 g/mol. The molecule has 1 fully saturated rings. The van der Waals surface area contributed by atoms with Crippen LogP contribution in [0.15, 0.2) is 42.6 Å². The maximum Gasteiger partial charge on any atom is 0.221 e. The Hall–Kier alpha value is -1.94. The smallest absolute Gasteiger partial charge is 0.221 e. The van der Waals surface area contributed by atoms with Gasteiger partial charge < -0.3 is 10.1 Å². The number of hydrogen-bond acceptors (Lipinski definition) is 3. The fourth-order valence-electron chi connectivity index (χ4n) is 2.22. The van der Waals surface area contributed by atoms with Gasteiger partial charge in [-0.1, -0.05) is 12.1 Å². The van der Waals surface area contributed by atoms with Gasteiger partial charge in [-0.3, -0.25) is 0 Å². The molecule has 98 valence electrons. The molecule has 1 saturated heterocycles. The van der Waals surface area contributed by atoms with Crippen LogP contribution >= 0.6 is 0 Å². The molecule has 3 rings (SSSR count). The Balaban J connectivity index is 1.90. The predicted molar refractivity (Wildman–Crippen MR) is 71.5 cm³/mol. The van der Waals surface area contributed by atoms with Gasteiger partial charge in [0.1, 0.15) is 11.9 Å². The van der Waals surface area contributed by atoms with E-state index in [0.29, 0.717) is 5.88 Å². The van der Waals surface area contributed by atoms with E-state index in [2.05, 4.69) is 10.3 Å². The van der Waals surface area contributed by atoms with E-state index in [1.54, 1.807) is 18.3 Å². The summed E-state index contributed by atoms with van der Waals surface area (Å²) in [6.07, 6.45) is 2.86. The van der Waals surface area contributed by atoms with Crippen molar-refractivity contribution in [3.63, 3.8) is 0 Å². The second-order valence-electron chi connectivity index (χ2n) is 4.60. The van der Waals surface area contributed by atoms with Crippen LogP contribution in [0.3, 0.4) is 0 Å². The summed E-state index contributed by atoms with van der Waals surface area (Å²) < 4.78 is 18.9. The predicted octanol–water partition coefficient (Wildman–Crippen LogP) is 2.63. The normalized spacial score (nSPS) is 18.5. The highest BCUT2D eigenvalue weighted by Crippen LogP contribution is 2.29. The van der Waals surface area contributed by atoms with E-state index in [1.165, 1.54) is 12.1 Å². The molecule has 1 aromatic heterocycles. The first-order chi connectivity index (χ1) is 9.33. The molecule has 4 heteroatoms. The SMILES string of the molecule is Fc1ccc(-c2cccnc2OC2CCNC2)cc1. The van der Waals surface area contributed by atoms with E-state index >= 15 is 0 Å². The van der Waals surface area contributed by atoms with Crippen LogP contribution < -0.4 is 10.1 Å². The molecule has 1 aromatic carbocycles. The first kappa shape index (κ1) is 12.1. The van der Waals surface area contributed by atoms with Crippen LogP contribution in [-0.4, -0.2) is 24.2 Å². The molecule has 1 atom stereocenters. The molecule has 0 radical (unpaired) electrons. The average Bonchev–Trinajstić information content (AvgIpc) is 2.93. The van der Waals surface area contributed by atoms with E-state index < -0.39 is 0 Å². The molecule has 1 unspecified atom stereocenters. The molecule has 3 nitrogen and oxygen atoms in total. The molecule has 1 aliphatic heterocycles. The number of ether oxygens (including phenoxy) is 1. The van der Waals surface area contributed by atoms with Crippen molar-refractivity contribution in [1.82, 2.24) is 10.3 Å². The van der Waals surface area contributed by atoms with Crippen molar-refractivity contribution in [2.75, 3.05) is 13.1 Å². The summed E-state index contributed by atoms with van der Waals surface area (Å²) >= 11 is 0. The standard InChI is InChI=1S/C15H15FN2O/c16-12-5-3-11(4-6-12)14-2-1-8-18-15(14)19-13-7-9-17-10-13/h1-6,8,13,17H,7,9-10H2. The zero-order chi connectivity index (χ0) is 13.1. The maximum absolute atomic E-state index is 13.0. The van der Waals surface area contributed by atoms with Crippen LogP contribution in [0.5, 0.6) is 5.88 Å². The lowest BCUT2D eigenvalue weighted by Crippen LogP contribution is -2.20. The molecule has 1 aliphatic rings. The number of nitrogens with zero attached hydrogens (tertiary/aromatic N) is 1. The zero-order valence-corrected chi connectivity index (χ0v) is 10.5. The Morgan fingerprint density at radius 2 is 2.05 bits per heavy atom. The van der Waals surface area contributed by atoms with E-state index in [0.717, 1.165) is 30.6 Å². The number of benzene rings is 1. The molecule has 0 saturated carbocycles. The molecule has 2 aromatic rings. The Kier molecular flexibility index (Phi) is 3.42. The third kappa shape index (κ3) is 2.74. The van der Waals surface area contributed by atoms with Gasteiger partial charge in [0, 0.05) is 18.3 Å². The first-order valence-corrected chi connectivity index (χ1v) is 6.41. The minimum absolute atomic E-state index is 0.161. The summed E-state index contributed by atoms with van der Waals surface area (Å²) in [5, 5.41) is 3.26. The van der Waals surface area contributed by atoms with Crippen LogP contribution in [0.4, 0.5) is 4.39 Å². The highest BCUT2D eigenvalue weighted by Gasteiger charge is 2.18. The number of aromatic nitrogens is 1. The quantitative estimate of drug-likeness (QED) is 0.919. The zero-order valence-electron chi connectivity index (χ0n) is 10.5. The second-order valence-corrected chi connectivity index (χ2v) is 4.60. The number of pyridine rings is 1. The van der Waals surface area contributed by atoms with Gasteiger partial charge in [0.25, 0.3) is 0 Å². The molecular weight excluding hydrogens is 243 g/mol. The lowest BCUT2D eigenvalue weighted by Gasteiger charge is -2.14.